The van der Waals surface area contributed by atoms with Crippen LogP contribution >= 0.6 is 0 Å². The van der Waals surface area contributed by atoms with Crippen molar-refractivity contribution >= 4 is 0 Å². The summed E-state index contributed by atoms with van der Waals surface area (Å²) >= 11 is 0. The summed E-state index contributed by atoms with van der Waals surface area (Å²) in [6.07, 6.45) is 2.38. The number of fused-ring (bicyclic) bond motifs is 1. The highest BCUT2D eigenvalue weighted by atomic mass is 16.3. The van der Waals surface area contributed by atoms with Gasteiger partial charge in [-0.15, -0.1) is 0 Å². The van der Waals surface area contributed by atoms with E-state index in [0.717, 1.165) is 19.6 Å². The van der Waals surface area contributed by atoms with Gasteiger partial charge in [0, 0.05) is 19.1 Å². The minimum atomic E-state index is 0.181. The first-order valence-corrected chi connectivity index (χ1v) is 6.40. The molecule has 1 atom stereocenters. The van der Waals surface area contributed by atoms with E-state index in [2.05, 4.69) is 34.5 Å². The van der Waals surface area contributed by atoms with Crippen molar-refractivity contribution in [3.63, 3.8) is 0 Å². The van der Waals surface area contributed by atoms with E-state index in [1.807, 2.05) is 7.05 Å². The maximum absolute atomic E-state index is 9.23. The zero-order chi connectivity index (χ0) is 12.1. The van der Waals surface area contributed by atoms with Crippen LogP contribution < -0.4 is 5.32 Å². The molecule has 0 aliphatic carbocycles. The smallest absolute Gasteiger partial charge is 0.0597 e. The number of likely N-dealkylation sites (N-methyl/N-ethyl adjacent to an activating group) is 1. The van der Waals surface area contributed by atoms with Gasteiger partial charge in [0.1, 0.15) is 0 Å². The Morgan fingerprint density at radius 2 is 2.12 bits per heavy atom. The van der Waals surface area contributed by atoms with E-state index in [1.54, 1.807) is 0 Å². The molecular weight excluding hydrogens is 212 g/mol. The average molecular weight is 234 g/mol. The monoisotopic (exact) mass is 234 g/mol. The van der Waals surface area contributed by atoms with Crippen LogP contribution in [0.4, 0.5) is 0 Å². The summed E-state index contributed by atoms with van der Waals surface area (Å²) in [4.78, 5) is 2.43. The number of rotatable bonds is 4. The minimum Gasteiger partial charge on any atom is -0.395 e. The van der Waals surface area contributed by atoms with E-state index in [1.165, 1.54) is 24.0 Å². The van der Waals surface area contributed by atoms with Crippen LogP contribution in [0.15, 0.2) is 24.3 Å². The summed E-state index contributed by atoms with van der Waals surface area (Å²) in [5.41, 5.74) is 2.93. The average Bonchev–Trinajstić information content (AvgIpc) is 2.57. The van der Waals surface area contributed by atoms with Crippen molar-refractivity contribution in [2.45, 2.75) is 25.4 Å². The first kappa shape index (κ1) is 12.6. The molecule has 1 aliphatic rings. The van der Waals surface area contributed by atoms with Gasteiger partial charge in [0.2, 0.25) is 0 Å². The van der Waals surface area contributed by atoms with Gasteiger partial charge >= 0.3 is 0 Å². The largest absolute Gasteiger partial charge is 0.395 e. The standard InChI is InChI=1S/C14H22N2O/c1-15-14(11-17)10-16-8-4-7-12-5-2-3-6-13(12)9-16/h2-3,5-6,14-15,17H,4,7-11H2,1H3. The van der Waals surface area contributed by atoms with E-state index in [4.69, 9.17) is 0 Å². The Kier molecular flexibility index (Phi) is 4.54. The molecule has 3 nitrogen and oxygen atoms in total. The summed E-state index contributed by atoms with van der Waals surface area (Å²) in [6.45, 7) is 3.25. The quantitative estimate of drug-likeness (QED) is 0.816. The van der Waals surface area contributed by atoms with Crippen LogP contribution in [0.3, 0.4) is 0 Å². The molecule has 1 heterocycles. The van der Waals surface area contributed by atoms with E-state index < -0.39 is 0 Å². The Labute approximate surface area is 103 Å². The molecule has 0 aromatic heterocycles. The molecular formula is C14H22N2O. The van der Waals surface area contributed by atoms with Crippen molar-refractivity contribution in [1.82, 2.24) is 10.2 Å². The molecule has 0 bridgehead atoms. The number of benzene rings is 1. The lowest BCUT2D eigenvalue weighted by Gasteiger charge is -2.25. The van der Waals surface area contributed by atoms with Crippen LogP contribution in [-0.2, 0) is 13.0 Å². The fourth-order valence-electron chi connectivity index (χ4n) is 2.48. The van der Waals surface area contributed by atoms with Gasteiger partial charge in [0.15, 0.2) is 0 Å². The number of aryl methyl sites for hydroxylation is 1. The Morgan fingerprint density at radius 3 is 2.82 bits per heavy atom. The summed E-state index contributed by atoms with van der Waals surface area (Å²) in [6, 6.07) is 8.88. The van der Waals surface area contributed by atoms with Crippen molar-refractivity contribution < 1.29 is 5.11 Å². The van der Waals surface area contributed by atoms with Crippen LogP contribution in [0, 0.1) is 0 Å². The van der Waals surface area contributed by atoms with E-state index >= 15 is 0 Å². The Morgan fingerprint density at radius 1 is 1.35 bits per heavy atom. The number of aliphatic hydroxyl groups excluding tert-OH is 1. The highest BCUT2D eigenvalue weighted by Crippen LogP contribution is 2.18. The second-order valence-corrected chi connectivity index (χ2v) is 4.78. The fraction of sp³-hybridized carbons (Fsp3) is 0.571. The predicted molar refractivity (Wildman–Crippen MR) is 70.0 cm³/mol. The summed E-state index contributed by atoms with van der Waals surface area (Å²) in [5.74, 6) is 0. The van der Waals surface area contributed by atoms with Crippen LogP contribution in [0.5, 0.6) is 0 Å². The van der Waals surface area contributed by atoms with Gasteiger partial charge in [0.25, 0.3) is 0 Å². The molecule has 2 N–H and O–H groups in total. The molecule has 1 aromatic rings. The Bertz CT molecular complexity index is 350. The van der Waals surface area contributed by atoms with E-state index in [-0.39, 0.29) is 12.6 Å². The lowest BCUT2D eigenvalue weighted by molar-refractivity contribution is 0.182. The van der Waals surface area contributed by atoms with Crippen LogP contribution in [0.1, 0.15) is 17.5 Å². The molecule has 0 fully saturated rings. The van der Waals surface area contributed by atoms with Crippen LogP contribution in [-0.4, -0.2) is 42.8 Å². The highest BCUT2D eigenvalue weighted by molar-refractivity contribution is 5.28. The molecule has 94 valence electrons. The molecule has 0 saturated heterocycles. The van der Waals surface area contributed by atoms with Gasteiger partial charge in [-0.05, 0) is 37.6 Å². The zero-order valence-electron chi connectivity index (χ0n) is 10.5. The first-order chi connectivity index (χ1) is 8.33. The summed E-state index contributed by atoms with van der Waals surface area (Å²) < 4.78 is 0. The van der Waals surface area contributed by atoms with Crippen molar-refractivity contribution in [2.75, 3.05) is 26.7 Å². The number of hydrogen-bond donors (Lipinski definition) is 2. The van der Waals surface area contributed by atoms with Crippen LogP contribution in [0.2, 0.25) is 0 Å². The maximum atomic E-state index is 9.23. The van der Waals surface area contributed by atoms with Gasteiger partial charge in [-0.2, -0.15) is 0 Å². The Balaban J connectivity index is 2.02. The SMILES string of the molecule is CNC(CO)CN1CCCc2ccccc2C1. The molecule has 1 aliphatic heterocycles. The fourth-order valence-corrected chi connectivity index (χ4v) is 2.48. The molecule has 1 unspecified atom stereocenters. The van der Waals surface area contributed by atoms with Crippen molar-refractivity contribution in [1.29, 1.82) is 0 Å². The molecule has 0 saturated carbocycles. The second kappa shape index (κ2) is 6.15. The van der Waals surface area contributed by atoms with Crippen LogP contribution in [0.25, 0.3) is 0 Å². The lowest BCUT2D eigenvalue weighted by Crippen LogP contribution is -2.41. The third kappa shape index (κ3) is 3.28. The van der Waals surface area contributed by atoms with Crippen molar-refractivity contribution in [3.05, 3.63) is 35.4 Å². The molecule has 17 heavy (non-hydrogen) atoms. The topological polar surface area (TPSA) is 35.5 Å². The number of nitrogens with zero attached hydrogens (tertiary/aromatic N) is 1. The van der Waals surface area contributed by atoms with E-state index in [9.17, 15) is 5.11 Å². The number of hydrogen-bond acceptors (Lipinski definition) is 3. The third-order valence-corrected chi connectivity index (χ3v) is 3.54. The molecule has 3 heteroatoms. The number of nitrogens with one attached hydrogen (secondary N) is 1. The molecule has 2 rings (SSSR count). The number of aliphatic hydroxyl groups is 1. The first-order valence-electron chi connectivity index (χ1n) is 6.40. The summed E-state index contributed by atoms with van der Waals surface area (Å²) in [7, 11) is 1.91. The predicted octanol–water partition coefficient (Wildman–Crippen LogP) is 1.02. The van der Waals surface area contributed by atoms with Gasteiger partial charge in [-0.25, -0.2) is 0 Å². The van der Waals surface area contributed by atoms with Gasteiger partial charge in [0.05, 0.1) is 6.61 Å². The maximum Gasteiger partial charge on any atom is 0.0597 e. The normalized spacial score (nSPS) is 18.5. The van der Waals surface area contributed by atoms with Gasteiger partial charge in [-0.1, -0.05) is 24.3 Å². The molecule has 1 aromatic carbocycles. The van der Waals surface area contributed by atoms with E-state index in [0.29, 0.717) is 0 Å². The van der Waals surface area contributed by atoms with Gasteiger partial charge in [-0.3, -0.25) is 4.90 Å². The van der Waals surface area contributed by atoms with Crippen molar-refractivity contribution in [3.8, 4) is 0 Å². The Hall–Kier alpha value is -0.900. The van der Waals surface area contributed by atoms with Gasteiger partial charge < -0.3 is 10.4 Å². The molecule has 0 spiro atoms. The summed E-state index contributed by atoms with van der Waals surface area (Å²) in [5, 5.41) is 12.4. The lowest BCUT2D eigenvalue weighted by atomic mass is 10.0. The highest BCUT2D eigenvalue weighted by Gasteiger charge is 2.16. The second-order valence-electron chi connectivity index (χ2n) is 4.78. The third-order valence-electron chi connectivity index (χ3n) is 3.54. The molecule has 0 radical (unpaired) electrons. The molecule has 0 amide bonds. The van der Waals surface area contributed by atoms with Crippen molar-refractivity contribution in [2.24, 2.45) is 0 Å². The zero-order valence-corrected chi connectivity index (χ0v) is 10.5. The minimum absolute atomic E-state index is 0.181.